The molecular weight excluding hydrogens is 262 g/mol. The second kappa shape index (κ2) is 5.32. The van der Waals surface area contributed by atoms with Gasteiger partial charge in [-0.2, -0.15) is 0 Å². The van der Waals surface area contributed by atoms with Gasteiger partial charge in [-0.15, -0.1) is 0 Å². The largest absolute Gasteiger partial charge is 0.344 e. The molecule has 2 heterocycles. The summed E-state index contributed by atoms with van der Waals surface area (Å²) >= 11 is 0. The maximum absolute atomic E-state index is 12.2. The summed E-state index contributed by atoms with van der Waals surface area (Å²) in [6, 6.07) is 9.80. The van der Waals surface area contributed by atoms with Crippen molar-refractivity contribution < 1.29 is 4.79 Å². The van der Waals surface area contributed by atoms with E-state index in [0.717, 1.165) is 16.8 Å². The maximum atomic E-state index is 12.2. The van der Waals surface area contributed by atoms with Crippen molar-refractivity contribution in [3.05, 3.63) is 59.9 Å². The van der Waals surface area contributed by atoms with Crippen molar-refractivity contribution in [1.29, 1.82) is 0 Å². The minimum Gasteiger partial charge on any atom is -0.344 e. The van der Waals surface area contributed by atoms with Crippen molar-refractivity contribution in [3.63, 3.8) is 0 Å². The Morgan fingerprint density at radius 2 is 1.95 bits per heavy atom. The number of H-pyrrole nitrogens is 1. The van der Waals surface area contributed by atoms with Crippen LogP contribution in [-0.2, 0) is 0 Å². The molecule has 1 aromatic carbocycles. The fourth-order valence-electron chi connectivity index (χ4n) is 2.17. The number of nitrogens with zero attached hydrogens (tertiary/aromatic N) is 2. The third kappa shape index (κ3) is 2.60. The van der Waals surface area contributed by atoms with E-state index in [4.69, 9.17) is 0 Å². The van der Waals surface area contributed by atoms with Crippen molar-refractivity contribution in [2.75, 3.05) is 0 Å². The lowest BCUT2D eigenvalue weighted by Crippen LogP contribution is -1.96. The Morgan fingerprint density at radius 3 is 2.67 bits per heavy atom. The van der Waals surface area contributed by atoms with Crippen LogP contribution in [0.25, 0.3) is 22.4 Å². The minimum absolute atomic E-state index is 0.0549. The van der Waals surface area contributed by atoms with Gasteiger partial charge in [-0.1, -0.05) is 35.9 Å². The number of aromatic nitrogens is 3. The van der Waals surface area contributed by atoms with Crippen molar-refractivity contribution in [2.24, 2.45) is 0 Å². The molecule has 1 N–H and O–H groups in total. The summed E-state index contributed by atoms with van der Waals surface area (Å²) in [4.78, 5) is 24.1. The zero-order valence-corrected chi connectivity index (χ0v) is 11.9. The first-order chi connectivity index (χ1) is 10.1. The number of fused-ring (bicyclic) bond motifs is 1. The summed E-state index contributed by atoms with van der Waals surface area (Å²) in [5, 5.41) is 0. The van der Waals surface area contributed by atoms with Crippen LogP contribution >= 0.6 is 0 Å². The van der Waals surface area contributed by atoms with Gasteiger partial charge in [0.05, 0.1) is 17.5 Å². The zero-order chi connectivity index (χ0) is 14.8. The molecule has 0 amide bonds. The lowest BCUT2D eigenvalue weighted by Gasteiger charge is -2.01. The third-order valence-electron chi connectivity index (χ3n) is 3.14. The number of ketones is 1. The summed E-state index contributed by atoms with van der Waals surface area (Å²) < 4.78 is 0. The number of rotatable bonds is 3. The molecule has 104 valence electrons. The summed E-state index contributed by atoms with van der Waals surface area (Å²) in [5.74, 6) is -0.0549. The van der Waals surface area contributed by atoms with E-state index in [1.807, 2.05) is 44.2 Å². The van der Waals surface area contributed by atoms with E-state index < -0.39 is 0 Å². The molecule has 0 aliphatic rings. The van der Waals surface area contributed by atoms with Gasteiger partial charge in [0.1, 0.15) is 5.52 Å². The first kappa shape index (κ1) is 13.2. The quantitative estimate of drug-likeness (QED) is 0.585. The Kier molecular flexibility index (Phi) is 3.36. The summed E-state index contributed by atoms with van der Waals surface area (Å²) in [6.45, 7) is 3.79. The smallest absolute Gasteiger partial charge is 0.189 e. The van der Waals surface area contributed by atoms with E-state index in [9.17, 15) is 4.79 Å². The summed E-state index contributed by atoms with van der Waals surface area (Å²) in [5.41, 5.74) is 4.49. The van der Waals surface area contributed by atoms with E-state index in [2.05, 4.69) is 15.0 Å². The van der Waals surface area contributed by atoms with E-state index >= 15 is 0 Å². The van der Waals surface area contributed by atoms with E-state index in [0.29, 0.717) is 16.7 Å². The maximum Gasteiger partial charge on any atom is 0.189 e. The van der Waals surface area contributed by atoms with Gasteiger partial charge in [0.15, 0.2) is 11.4 Å². The van der Waals surface area contributed by atoms with Crippen LogP contribution in [0.1, 0.15) is 24.2 Å². The van der Waals surface area contributed by atoms with Gasteiger partial charge in [0.2, 0.25) is 0 Å². The van der Waals surface area contributed by atoms with Crippen molar-refractivity contribution in [3.8, 4) is 11.3 Å². The molecule has 4 nitrogen and oxygen atoms in total. The number of benzene rings is 1. The van der Waals surface area contributed by atoms with Gasteiger partial charge < -0.3 is 4.98 Å². The Labute approximate surface area is 122 Å². The second-order valence-electron chi connectivity index (χ2n) is 5.11. The monoisotopic (exact) mass is 277 g/mol. The van der Waals surface area contributed by atoms with E-state index in [1.165, 1.54) is 0 Å². The van der Waals surface area contributed by atoms with Crippen molar-refractivity contribution in [1.82, 2.24) is 15.0 Å². The van der Waals surface area contributed by atoms with Gasteiger partial charge in [0.25, 0.3) is 0 Å². The second-order valence-corrected chi connectivity index (χ2v) is 5.11. The number of nitrogens with one attached hydrogen (secondary N) is 1. The van der Waals surface area contributed by atoms with Gasteiger partial charge >= 0.3 is 0 Å². The normalized spacial score (nSPS) is 10.6. The molecule has 0 spiro atoms. The number of allylic oxidation sites excluding steroid dienone is 2. The van der Waals surface area contributed by atoms with Crippen LogP contribution < -0.4 is 0 Å². The highest BCUT2D eigenvalue weighted by Crippen LogP contribution is 2.21. The average Bonchev–Trinajstić information content (AvgIpc) is 2.90. The first-order valence-electron chi connectivity index (χ1n) is 6.74. The lowest BCUT2D eigenvalue weighted by molar-refractivity contribution is 0.104. The molecule has 0 atom stereocenters. The van der Waals surface area contributed by atoms with E-state index in [1.54, 1.807) is 18.5 Å². The van der Waals surface area contributed by atoms with Gasteiger partial charge in [-0.05, 0) is 19.9 Å². The molecule has 0 radical (unpaired) electrons. The molecule has 0 fully saturated rings. The summed E-state index contributed by atoms with van der Waals surface area (Å²) in [7, 11) is 0. The van der Waals surface area contributed by atoms with Crippen LogP contribution in [0, 0.1) is 0 Å². The molecule has 0 aliphatic carbocycles. The number of carbonyl (C=O) groups is 1. The number of hydrogen-bond donors (Lipinski definition) is 1. The fourth-order valence-corrected chi connectivity index (χ4v) is 2.17. The van der Waals surface area contributed by atoms with E-state index in [-0.39, 0.29) is 5.78 Å². The predicted octanol–water partition coefficient (Wildman–Crippen LogP) is 3.77. The molecule has 0 aliphatic heterocycles. The van der Waals surface area contributed by atoms with Crippen LogP contribution in [0.15, 0.2) is 54.4 Å². The Balaban J connectivity index is 2.13. The molecule has 3 aromatic rings. The molecule has 3 rings (SSSR count). The van der Waals surface area contributed by atoms with Crippen molar-refractivity contribution >= 4 is 16.9 Å². The molecule has 21 heavy (non-hydrogen) atoms. The number of carbonyl (C=O) groups excluding carboxylic acids is 1. The summed E-state index contributed by atoms with van der Waals surface area (Å²) in [6.07, 6.45) is 4.99. The lowest BCUT2D eigenvalue weighted by atomic mass is 10.1. The Hall–Kier alpha value is -2.75. The minimum atomic E-state index is -0.0549. The highest BCUT2D eigenvalue weighted by molar-refractivity contribution is 6.12. The third-order valence-corrected chi connectivity index (χ3v) is 3.14. The zero-order valence-electron chi connectivity index (χ0n) is 11.9. The molecule has 0 bridgehead atoms. The van der Waals surface area contributed by atoms with Crippen LogP contribution in [0.4, 0.5) is 0 Å². The molecule has 2 aromatic heterocycles. The van der Waals surface area contributed by atoms with Crippen LogP contribution in [0.5, 0.6) is 0 Å². The highest BCUT2D eigenvalue weighted by Gasteiger charge is 2.13. The van der Waals surface area contributed by atoms with Crippen LogP contribution in [0.2, 0.25) is 0 Å². The SMILES string of the molecule is CC(C)=CC(=O)c1c[nH]c2ncc(-c3ccccc3)nc12. The van der Waals surface area contributed by atoms with Gasteiger partial charge in [-0.25, -0.2) is 9.97 Å². The van der Waals surface area contributed by atoms with Crippen LogP contribution in [-0.4, -0.2) is 20.7 Å². The standard InChI is InChI=1S/C17H15N3O/c1-11(2)8-15(21)13-9-18-17-16(13)20-14(10-19-17)12-6-4-3-5-7-12/h3-10H,1-2H3,(H,18,19). The Morgan fingerprint density at radius 1 is 1.19 bits per heavy atom. The van der Waals surface area contributed by atoms with Gasteiger partial charge in [-0.3, -0.25) is 4.79 Å². The highest BCUT2D eigenvalue weighted by atomic mass is 16.1. The topological polar surface area (TPSA) is 58.6 Å². The average molecular weight is 277 g/mol. The fraction of sp³-hybridized carbons (Fsp3) is 0.118. The molecule has 4 heteroatoms. The van der Waals surface area contributed by atoms with Crippen LogP contribution in [0.3, 0.4) is 0 Å². The number of aromatic amines is 1. The first-order valence-corrected chi connectivity index (χ1v) is 6.74. The Bertz CT molecular complexity index is 828. The van der Waals surface area contributed by atoms with Crippen molar-refractivity contribution in [2.45, 2.75) is 13.8 Å². The number of hydrogen-bond acceptors (Lipinski definition) is 3. The van der Waals surface area contributed by atoms with Gasteiger partial charge in [0, 0.05) is 11.8 Å². The predicted molar refractivity (Wildman–Crippen MR) is 83.1 cm³/mol. The molecule has 0 saturated heterocycles. The molecule has 0 saturated carbocycles. The molecule has 0 unspecified atom stereocenters. The molecular formula is C17H15N3O.